The van der Waals surface area contributed by atoms with Crippen molar-refractivity contribution in [3.63, 3.8) is 0 Å². The quantitative estimate of drug-likeness (QED) is 0.486. The highest BCUT2D eigenvalue weighted by Crippen LogP contribution is 2.39. The van der Waals surface area contributed by atoms with Gasteiger partial charge >= 0.3 is 0 Å². The van der Waals surface area contributed by atoms with E-state index < -0.39 is 0 Å². The maximum Gasteiger partial charge on any atom is 0.231 e. The van der Waals surface area contributed by atoms with Gasteiger partial charge in [-0.15, -0.1) is 0 Å². The molecular formula is C20H16N6O3. The third-order valence-corrected chi connectivity index (χ3v) is 4.71. The molecule has 29 heavy (non-hydrogen) atoms. The van der Waals surface area contributed by atoms with Crippen LogP contribution in [-0.2, 0) is 11.2 Å². The highest BCUT2D eigenvalue weighted by atomic mass is 16.3. The van der Waals surface area contributed by atoms with Crippen molar-refractivity contribution < 1.29 is 14.0 Å². The first kappa shape index (κ1) is 17.2. The molecule has 0 bridgehead atoms. The minimum Gasteiger partial charge on any atom is -0.448 e. The zero-order chi connectivity index (χ0) is 19.8. The lowest BCUT2D eigenvalue weighted by molar-refractivity contribution is -0.115. The number of nitrogens with one attached hydrogen (secondary N) is 2. The Kier molecular flexibility index (Phi) is 4.12. The summed E-state index contributed by atoms with van der Waals surface area (Å²) < 4.78 is 5.40. The molecule has 9 nitrogen and oxygen atoms in total. The second kappa shape index (κ2) is 6.93. The number of aromatic amines is 1. The first-order chi connectivity index (χ1) is 14.2. The molecule has 0 radical (unpaired) electrons. The van der Waals surface area contributed by atoms with E-state index in [1.807, 2.05) is 0 Å². The van der Waals surface area contributed by atoms with E-state index in [0.717, 1.165) is 18.4 Å². The number of aromatic nitrogens is 5. The summed E-state index contributed by atoms with van der Waals surface area (Å²) in [5.74, 6) is 0.799. The minimum atomic E-state index is -0.285. The third kappa shape index (κ3) is 3.49. The molecule has 1 fully saturated rings. The lowest BCUT2D eigenvalue weighted by Gasteiger charge is -2.05. The van der Waals surface area contributed by atoms with E-state index in [2.05, 4.69) is 30.5 Å². The Hall–Kier alpha value is -3.88. The van der Waals surface area contributed by atoms with E-state index in [1.54, 1.807) is 24.5 Å². The molecule has 1 aliphatic carbocycles. The maximum atomic E-state index is 12.8. The Bertz CT molecular complexity index is 1220. The van der Waals surface area contributed by atoms with Gasteiger partial charge in [-0.05, 0) is 31.0 Å². The highest BCUT2D eigenvalue weighted by Gasteiger charge is 2.28. The summed E-state index contributed by atoms with van der Waals surface area (Å²) in [5.41, 5.74) is 1.94. The molecule has 0 atom stereocenters. The summed E-state index contributed by atoms with van der Waals surface area (Å²) in [6, 6.07) is 4.85. The monoisotopic (exact) mass is 388 g/mol. The van der Waals surface area contributed by atoms with E-state index >= 15 is 0 Å². The fourth-order valence-corrected chi connectivity index (χ4v) is 3.08. The molecule has 4 heterocycles. The number of pyridine rings is 2. The van der Waals surface area contributed by atoms with Crippen molar-refractivity contribution in [2.75, 3.05) is 5.32 Å². The van der Waals surface area contributed by atoms with Gasteiger partial charge in [-0.3, -0.25) is 19.7 Å². The molecule has 1 saturated carbocycles. The number of nitrogens with zero attached hydrogens (tertiary/aromatic N) is 4. The molecule has 0 spiro atoms. The average molecular weight is 388 g/mol. The van der Waals surface area contributed by atoms with Crippen LogP contribution in [0.4, 0.5) is 5.82 Å². The van der Waals surface area contributed by atoms with Crippen LogP contribution in [0.2, 0.25) is 0 Å². The number of fused-ring (bicyclic) bond motifs is 1. The van der Waals surface area contributed by atoms with Gasteiger partial charge in [-0.2, -0.15) is 5.10 Å². The highest BCUT2D eigenvalue weighted by molar-refractivity contribution is 6.14. The van der Waals surface area contributed by atoms with Crippen molar-refractivity contribution in [1.29, 1.82) is 0 Å². The molecule has 1 aliphatic rings. The summed E-state index contributed by atoms with van der Waals surface area (Å²) in [6.07, 6.45) is 8.43. The Balaban J connectivity index is 1.31. The van der Waals surface area contributed by atoms with Crippen LogP contribution in [0.15, 0.2) is 47.5 Å². The van der Waals surface area contributed by atoms with Gasteiger partial charge < -0.3 is 9.73 Å². The zero-order valence-corrected chi connectivity index (χ0v) is 15.3. The van der Waals surface area contributed by atoms with E-state index in [1.165, 1.54) is 18.5 Å². The topological polar surface area (TPSA) is 127 Å². The molecule has 0 unspecified atom stereocenters. The summed E-state index contributed by atoms with van der Waals surface area (Å²) in [4.78, 5) is 37.7. The fraction of sp³-hybridized carbons (Fsp3) is 0.200. The standard InChI is InChI=1S/C20H16N6O3/c27-17(8-13-10-29-20(23-13)11-1-2-11)24-16-7-12(3-6-22-16)19(28)18-14-9-21-5-4-15(14)25-26-18/h3-7,9-11H,1-2,8H2,(H,25,26)(H,22,24,27). The number of amides is 1. The van der Waals surface area contributed by atoms with E-state index in [9.17, 15) is 9.59 Å². The Morgan fingerprint density at radius 3 is 3.00 bits per heavy atom. The van der Waals surface area contributed by atoms with Gasteiger partial charge in [0, 0.05) is 35.5 Å². The van der Waals surface area contributed by atoms with Crippen LogP contribution in [0.3, 0.4) is 0 Å². The number of ketones is 1. The summed E-state index contributed by atoms with van der Waals surface area (Å²) in [5, 5.41) is 10.2. The smallest absolute Gasteiger partial charge is 0.231 e. The summed E-state index contributed by atoms with van der Waals surface area (Å²) in [7, 11) is 0. The van der Waals surface area contributed by atoms with Crippen molar-refractivity contribution in [1.82, 2.24) is 25.1 Å². The lowest BCUT2D eigenvalue weighted by Crippen LogP contribution is -2.16. The maximum absolute atomic E-state index is 12.8. The molecule has 4 aromatic heterocycles. The van der Waals surface area contributed by atoms with Gasteiger partial charge in [0.1, 0.15) is 17.8 Å². The number of oxazole rings is 1. The molecule has 0 aliphatic heterocycles. The predicted octanol–water partition coefficient (Wildman–Crippen LogP) is 2.63. The lowest BCUT2D eigenvalue weighted by atomic mass is 10.1. The summed E-state index contributed by atoms with van der Waals surface area (Å²) >= 11 is 0. The van der Waals surface area contributed by atoms with Crippen molar-refractivity contribution in [2.24, 2.45) is 0 Å². The number of hydrogen-bond donors (Lipinski definition) is 2. The number of carbonyl (C=O) groups excluding carboxylic acids is 2. The molecule has 2 N–H and O–H groups in total. The normalized spacial score (nSPS) is 13.5. The summed E-state index contributed by atoms with van der Waals surface area (Å²) in [6.45, 7) is 0. The van der Waals surface area contributed by atoms with Gasteiger partial charge in [0.25, 0.3) is 0 Å². The van der Waals surface area contributed by atoms with Gasteiger partial charge in [-0.1, -0.05) is 0 Å². The predicted molar refractivity (Wildman–Crippen MR) is 102 cm³/mol. The van der Waals surface area contributed by atoms with E-state index in [-0.39, 0.29) is 29.6 Å². The van der Waals surface area contributed by atoms with Crippen molar-refractivity contribution in [3.8, 4) is 0 Å². The Morgan fingerprint density at radius 2 is 2.14 bits per heavy atom. The molecule has 0 aromatic carbocycles. The number of anilines is 1. The Morgan fingerprint density at radius 1 is 1.24 bits per heavy atom. The second-order valence-corrected chi connectivity index (χ2v) is 6.93. The largest absolute Gasteiger partial charge is 0.448 e. The number of H-pyrrole nitrogens is 1. The number of carbonyl (C=O) groups is 2. The fourth-order valence-electron chi connectivity index (χ4n) is 3.08. The van der Waals surface area contributed by atoms with Gasteiger partial charge in [-0.25, -0.2) is 9.97 Å². The van der Waals surface area contributed by atoms with Gasteiger partial charge in [0.05, 0.1) is 17.6 Å². The molecule has 0 saturated heterocycles. The van der Waals surface area contributed by atoms with Crippen molar-refractivity contribution in [2.45, 2.75) is 25.2 Å². The van der Waals surface area contributed by atoms with Crippen LogP contribution in [0.1, 0.15) is 46.4 Å². The van der Waals surface area contributed by atoms with Crippen LogP contribution in [0.5, 0.6) is 0 Å². The van der Waals surface area contributed by atoms with E-state index in [0.29, 0.717) is 28.5 Å². The molecule has 4 aromatic rings. The van der Waals surface area contributed by atoms with Gasteiger partial charge in [0.15, 0.2) is 5.89 Å². The minimum absolute atomic E-state index is 0.0751. The van der Waals surface area contributed by atoms with Crippen molar-refractivity contribution in [3.05, 3.63) is 65.9 Å². The SMILES string of the molecule is O=C(Cc1coc(C2CC2)n1)Nc1cc(C(=O)c2n[nH]c3ccncc23)ccn1. The zero-order valence-electron chi connectivity index (χ0n) is 15.3. The first-order valence-electron chi connectivity index (χ1n) is 9.20. The molecule has 1 amide bonds. The van der Waals surface area contributed by atoms with Crippen LogP contribution >= 0.6 is 0 Å². The molecule has 9 heteroatoms. The second-order valence-electron chi connectivity index (χ2n) is 6.93. The van der Waals surface area contributed by atoms with Crippen LogP contribution < -0.4 is 5.32 Å². The number of hydrogen-bond acceptors (Lipinski definition) is 7. The van der Waals surface area contributed by atoms with Crippen LogP contribution in [-0.4, -0.2) is 36.8 Å². The van der Waals surface area contributed by atoms with E-state index in [4.69, 9.17) is 4.42 Å². The van der Waals surface area contributed by atoms with Crippen LogP contribution in [0, 0.1) is 0 Å². The molecule has 5 rings (SSSR count). The molecule has 144 valence electrons. The third-order valence-electron chi connectivity index (χ3n) is 4.71. The Labute approximate surface area is 164 Å². The van der Waals surface area contributed by atoms with Crippen LogP contribution in [0.25, 0.3) is 10.9 Å². The van der Waals surface area contributed by atoms with Gasteiger partial charge in [0.2, 0.25) is 11.7 Å². The van der Waals surface area contributed by atoms with Crippen molar-refractivity contribution >= 4 is 28.4 Å². The average Bonchev–Trinajstić information content (AvgIpc) is 3.33. The molecular weight excluding hydrogens is 372 g/mol. The number of rotatable bonds is 6. The first-order valence-corrected chi connectivity index (χ1v) is 9.20.